The van der Waals surface area contributed by atoms with Gasteiger partial charge in [0.1, 0.15) is 0 Å². The second-order valence-electron chi connectivity index (χ2n) is 3.87. The van der Waals surface area contributed by atoms with Gasteiger partial charge in [-0.1, -0.05) is 29.0 Å². The van der Waals surface area contributed by atoms with Crippen molar-refractivity contribution < 1.29 is 41.4 Å². The molecule has 0 atom stereocenters. The van der Waals surface area contributed by atoms with Gasteiger partial charge in [0.2, 0.25) is 0 Å². The molecule has 0 aliphatic carbocycles. The minimum absolute atomic E-state index is 0. The van der Waals surface area contributed by atoms with Crippen LogP contribution in [-0.4, -0.2) is 0 Å². The first-order valence-corrected chi connectivity index (χ1v) is 5.80. The summed E-state index contributed by atoms with van der Waals surface area (Å²) in [5, 5.41) is 0. The van der Waals surface area contributed by atoms with Crippen LogP contribution < -0.4 is 0 Å². The Kier molecular flexibility index (Phi) is 37.3. The Hall–Kier alpha value is -2.73. The van der Waals surface area contributed by atoms with E-state index >= 15 is 0 Å². The molecule has 0 spiro atoms. The van der Waals surface area contributed by atoms with Crippen molar-refractivity contribution in [1.82, 2.24) is 0 Å². The zero-order valence-electron chi connectivity index (χ0n) is 14.3. The Bertz CT molecular complexity index is 586. The molecule has 1 aromatic rings. The number of aryl methyl sites for hydroxylation is 2. The Morgan fingerprint density at radius 2 is 0.923 bits per heavy atom. The first-order chi connectivity index (χ1) is 9.31. The van der Waals surface area contributed by atoms with Crippen molar-refractivity contribution in [1.29, 1.82) is 0 Å². The van der Waals surface area contributed by atoms with Gasteiger partial charge < -0.3 is 0 Å². The topological polar surface area (TPSA) is 0 Å². The molecule has 0 nitrogen and oxygen atoms in total. The van der Waals surface area contributed by atoms with E-state index in [0.717, 1.165) is 12.1 Å². The van der Waals surface area contributed by atoms with E-state index in [1.807, 2.05) is 0 Å². The third-order valence-electron chi connectivity index (χ3n) is 1.99. The highest BCUT2D eigenvalue weighted by Crippen LogP contribution is 2.30. The molecule has 0 aromatic heterocycles. The highest BCUT2D eigenvalue weighted by atomic mass is 19.4. The van der Waals surface area contributed by atoms with E-state index in [9.17, 15) is 13.2 Å². The fourth-order valence-corrected chi connectivity index (χ4v) is 1.33. The lowest BCUT2D eigenvalue weighted by Gasteiger charge is -2.08. The molecular weight excluding hydrogens is 375 g/mol. The summed E-state index contributed by atoms with van der Waals surface area (Å²) in [6, 6.07) is 4.01. The summed E-state index contributed by atoms with van der Waals surface area (Å²) >= 11 is 0. The Morgan fingerprint density at radius 1 is 0.615 bits per heavy atom. The molecular formula is C17H21F9. The van der Waals surface area contributed by atoms with E-state index in [1.54, 1.807) is 33.8 Å². The van der Waals surface area contributed by atoms with Crippen molar-refractivity contribution in [2.24, 2.45) is 0 Å². The molecule has 0 aliphatic rings. The molecule has 152 valence electrons. The summed E-state index contributed by atoms with van der Waals surface area (Å²) in [6.45, 7) is 6.80. The average Bonchev–Trinajstić information content (AvgIpc) is 2.33. The molecule has 0 bridgehead atoms. The van der Waals surface area contributed by atoms with Crippen LogP contribution in [0.4, 0.5) is 41.4 Å². The van der Waals surface area contributed by atoms with Gasteiger partial charge in [-0.05, 0) is 63.5 Å². The van der Waals surface area contributed by atoms with Crippen molar-refractivity contribution in [3.63, 3.8) is 0 Å². The largest absolute Gasteiger partial charge is 0.416 e. The zero-order chi connectivity index (χ0) is 15.6. The van der Waals surface area contributed by atoms with Crippen LogP contribution in [0.1, 0.15) is 30.5 Å². The van der Waals surface area contributed by atoms with Gasteiger partial charge in [-0.15, -0.1) is 0 Å². The van der Waals surface area contributed by atoms with Crippen LogP contribution in [0.3, 0.4) is 0 Å². The number of benzene rings is 1. The maximum absolute atomic E-state index is 12.1. The van der Waals surface area contributed by atoms with Gasteiger partial charge in [0, 0.05) is 0 Å². The first kappa shape index (κ1) is 43.6. The van der Waals surface area contributed by atoms with Crippen molar-refractivity contribution in [2.45, 2.75) is 33.9 Å². The number of rotatable bonds is 0. The summed E-state index contributed by atoms with van der Waals surface area (Å²) in [5.41, 5.74) is 0.713. The van der Waals surface area contributed by atoms with Gasteiger partial charge in [0.05, 0.1) is 5.56 Å². The van der Waals surface area contributed by atoms with Crippen molar-refractivity contribution in [3.05, 3.63) is 34.9 Å². The van der Waals surface area contributed by atoms with E-state index in [1.165, 1.54) is 0 Å². The number of hydrogen-bond donors (Lipinski definition) is 0. The molecule has 0 aliphatic heterocycles. The highest BCUT2D eigenvalue weighted by molar-refractivity contribution is 5.34. The molecule has 0 heterocycles. The molecule has 0 unspecified atom stereocenters. The molecule has 0 fully saturated rings. The predicted octanol–water partition coefficient (Wildman–Crippen LogP) is 5.27. The third-order valence-corrected chi connectivity index (χ3v) is 1.99. The lowest BCUT2D eigenvalue weighted by atomic mass is 10.1. The standard InChI is InChI=1S/C9H9F3.C8H6.6FH/c1-6-3-7(2)5-8(4-6)9(10,11)12;1-3-5-7-8-6-4-2;;;;;;/h3-5H,1-2H3;1-2H3;6*1H. The van der Waals surface area contributed by atoms with E-state index in [4.69, 9.17) is 0 Å². The van der Waals surface area contributed by atoms with Gasteiger partial charge in [-0.2, -0.15) is 13.2 Å². The SMILES string of the molecule is CC#CC#CC#CC.Cc1cc(C)cc(C(F)(F)F)c1.F.F.F.F.F.F. The molecule has 0 amide bonds. The lowest BCUT2D eigenvalue weighted by molar-refractivity contribution is -0.137. The van der Waals surface area contributed by atoms with Crippen LogP contribution >= 0.6 is 0 Å². The summed E-state index contributed by atoms with van der Waals surface area (Å²) < 4.78 is 36.4. The smallest absolute Gasteiger partial charge is 0.269 e. The van der Waals surface area contributed by atoms with Crippen LogP contribution in [0.2, 0.25) is 0 Å². The summed E-state index contributed by atoms with van der Waals surface area (Å²) in [6.07, 6.45) is -4.23. The van der Waals surface area contributed by atoms with Gasteiger partial charge in [-0.25, -0.2) is 0 Å². The Labute approximate surface area is 146 Å². The number of halogens is 9. The van der Waals surface area contributed by atoms with Crippen LogP contribution in [-0.2, 0) is 6.18 Å². The number of hydrogen-bond acceptors (Lipinski definition) is 0. The Morgan fingerprint density at radius 3 is 1.15 bits per heavy atom. The number of alkyl halides is 3. The van der Waals surface area contributed by atoms with Crippen LogP contribution in [0.25, 0.3) is 0 Å². The first-order valence-electron chi connectivity index (χ1n) is 5.80. The lowest BCUT2D eigenvalue weighted by Crippen LogP contribution is -2.05. The van der Waals surface area contributed by atoms with E-state index in [0.29, 0.717) is 11.1 Å². The summed E-state index contributed by atoms with van der Waals surface area (Å²) in [5.74, 6) is 15.5. The van der Waals surface area contributed by atoms with Gasteiger partial charge in [0.15, 0.2) is 0 Å². The molecule has 1 rings (SSSR count). The fourth-order valence-electron chi connectivity index (χ4n) is 1.33. The monoisotopic (exact) mass is 396 g/mol. The molecule has 9 heteroatoms. The van der Waals surface area contributed by atoms with Crippen molar-refractivity contribution >= 4 is 0 Å². The molecule has 0 N–H and O–H groups in total. The second kappa shape index (κ2) is 22.3. The fraction of sp³-hybridized carbons (Fsp3) is 0.294. The summed E-state index contributed by atoms with van der Waals surface area (Å²) in [4.78, 5) is 0. The highest BCUT2D eigenvalue weighted by Gasteiger charge is 2.30. The molecule has 0 saturated carbocycles. The van der Waals surface area contributed by atoms with E-state index in [2.05, 4.69) is 35.5 Å². The summed E-state index contributed by atoms with van der Waals surface area (Å²) in [7, 11) is 0. The Balaban J connectivity index is -0.0000000473. The third kappa shape index (κ3) is 21.3. The molecule has 0 saturated heterocycles. The van der Waals surface area contributed by atoms with Crippen LogP contribution in [0, 0.1) is 49.4 Å². The normalized spacial score (nSPS) is 6.58. The quantitative estimate of drug-likeness (QED) is 0.414. The van der Waals surface area contributed by atoms with E-state index < -0.39 is 11.7 Å². The minimum Gasteiger partial charge on any atom is -0.269 e. The van der Waals surface area contributed by atoms with Gasteiger partial charge >= 0.3 is 6.18 Å². The minimum atomic E-state index is -4.23. The maximum atomic E-state index is 12.1. The van der Waals surface area contributed by atoms with Crippen molar-refractivity contribution in [2.75, 3.05) is 0 Å². The molecule has 0 radical (unpaired) electrons. The second-order valence-corrected chi connectivity index (χ2v) is 3.87. The molecule has 1 aromatic carbocycles. The van der Waals surface area contributed by atoms with Gasteiger partial charge in [-0.3, -0.25) is 28.2 Å². The zero-order valence-corrected chi connectivity index (χ0v) is 14.3. The predicted molar refractivity (Wildman–Crippen MR) is 90.6 cm³/mol. The van der Waals surface area contributed by atoms with E-state index in [-0.39, 0.29) is 28.2 Å². The van der Waals surface area contributed by atoms with Crippen molar-refractivity contribution in [3.8, 4) is 35.5 Å². The average molecular weight is 396 g/mol. The maximum Gasteiger partial charge on any atom is 0.416 e. The van der Waals surface area contributed by atoms with Crippen LogP contribution in [0.5, 0.6) is 0 Å². The van der Waals surface area contributed by atoms with Crippen LogP contribution in [0.15, 0.2) is 18.2 Å². The molecule has 26 heavy (non-hydrogen) atoms. The van der Waals surface area contributed by atoms with Gasteiger partial charge in [0.25, 0.3) is 0 Å².